The Kier molecular flexibility index (Phi) is 6.67. The summed E-state index contributed by atoms with van der Waals surface area (Å²) in [6.45, 7) is 7.26. The quantitative estimate of drug-likeness (QED) is 0.882. The van der Waals surface area contributed by atoms with Gasteiger partial charge in [0, 0.05) is 23.8 Å². The molecule has 0 fully saturated rings. The van der Waals surface area contributed by atoms with Gasteiger partial charge in [0.25, 0.3) is 0 Å². The molecule has 0 radical (unpaired) electrons. The zero-order valence-electron chi connectivity index (χ0n) is 10.4. The first-order valence-electron chi connectivity index (χ1n) is 5.35. The van der Waals surface area contributed by atoms with Gasteiger partial charge in [-0.2, -0.15) is 0 Å². The van der Waals surface area contributed by atoms with Crippen LogP contribution in [0.4, 0.5) is 0 Å². The van der Waals surface area contributed by atoms with Crippen LogP contribution in [0.15, 0.2) is 5.38 Å². The van der Waals surface area contributed by atoms with E-state index in [-0.39, 0.29) is 23.7 Å². The lowest BCUT2D eigenvalue weighted by molar-refractivity contribution is -0.121. The van der Waals surface area contributed by atoms with E-state index in [0.29, 0.717) is 19.5 Å². The van der Waals surface area contributed by atoms with Crippen LogP contribution in [0, 0.1) is 0 Å². The Bertz CT molecular complexity index is 360. The average molecular weight is 278 g/mol. The summed E-state index contributed by atoms with van der Waals surface area (Å²) in [5.41, 5.74) is 6.42. The number of nitrogens with one attached hydrogen (secondary N) is 1. The van der Waals surface area contributed by atoms with Gasteiger partial charge in [0.15, 0.2) is 0 Å². The molecule has 0 bridgehead atoms. The van der Waals surface area contributed by atoms with Crippen LogP contribution >= 0.6 is 23.7 Å². The van der Waals surface area contributed by atoms with Crippen molar-refractivity contribution < 1.29 is 4.79 Å². The summed E-state index contributed by atoms with van der Waals surface area (Å²) in [6, 6.07) is 0. The molecule has 1 rings (SSSR count). The highest BCUT2D eigenvalue weighted by atomic mass is 35.5. The fourth-order valence-corrected chi connectivity index (χ4v) is 2.09. The van der Waals surface area contributed by atoms with E-state index in [1.165, 1.54) is 0 Å². The predicted octanol–water partition coefficient (Wildman–Crippen LogP) is 1.83. The van der Waals surface area contributed by atoms with E-state index in [2.05, 4.69) is 31.1 Å². The molecular formula is C11H20ClN3OS. The zero-order chi connectivity index (χ0) is 12.2. The van der Waals surface area contributed by atoms with E-state index in [4.69, 9.17) is 5.73 Å². The Hall–Kier alpha value is -0.650. The standard InChI is InChI=1S/C11H19N3OS.ClH/c1-11(2,3)8-7-16-10(14-8)6-13-9(15)4-5-12;/h7H,4-6,12H2,1-3H3,(H,13,15);1H. The van der Waals surface area contributed by atoms with Crippen LogP contribution in [0.1, 0.15) is 37.9 Å². The molecule has 1 heterocycles. The summed E-state index contributed by atoms with van der Waals surface area (Å²) in [5.74, 6) is -0.0185. The molecule has 1 amide bonds. The zero-order valence-corrected chi connectivity index (χ0v) is 12.1. The highest BCUT2D eigenvalue weighted by molar-refractivity contribution is 7.09. The molecule has 4 nitrogen and oxygen atoms in total. The van der Waals surface area contributed by atoms with E-state index in [9.17, 15) is 4.79 Å². The molecule has 3 N–H and O–H groups in total. The van der Waals surface area contributed by atoms with Crippen LogP contribution < -0.4 is 11.1 Å². The van der Waals surface area contributed by atoms with Gasteiger partial charge in [0.2, 0.25) is 5.91 Å². The predicted molar refractivity (Wildman–Crippen MR) is 73.6 cm³/mol. The van der Waals surface area contributed by atoms with Gasteiger partial charge < -0.3 is 11.1 Å². The van der Waals surface area contributed by atoms with Crippen molar-refractivity contribution in [1.29, 1.82) is 0 Å². The van der Waals surface area contributed by atoms with Crippen LogP contribution in [0.25, 0.3) is 0 Å². The number of carbonyl (C=O) groups is 1. The number of carbonyl (C=O) groups excluding carboxylic acids is 1. The minimum Gasteiger partial charge on any atom is -0.350 e. The molecule has 17 heavy (non-hydrogen) atoms. The number of halogens is 1. The van der Waals surface area contributed by atoms with Gasteiger partial charge in [-0.25, -0.2) is 4.98 Å². The van der Waals surface area contributed by atoms with E-state index in [1.807, 2.05) is 5.38 Å². The van der Waals surface area contributed by atoms with Crippen LogP contribution in [0.5, 0.6) is 0 Å². The monoisotopic (exact) mass is 277 g/mol. The first-order valence-corrected chi connectivity index (χ1v) is 6.23. The Morgan fingerprint density at radius 1 is 1.53 bits per heavy atom. The summed E-state index contributed by atoms with van der Waals surface area (Å²) in [5, 5.41) is 5.78. The summed E-state index contributed by atoms with van der Waals surface area (Å²) < 4.78 is 0. The molecule has 1 aromatic rings. The summed E-state index contributed by atoms with van der Waals surface area (Å²) in [7, 11) is 0. The number of hydrogen-bond donors (Lipinski definition) is 2. The number of amides is 1. The second kappa shape index (κ2) is 6.93. The van der Waals surface area contributed by atoms with Crippen molar-refractivity contribution >= 4 is 29.7 Å². The lowest BCUT2D eigenvalue weighted by atomic mass is 9.93. The van der Waals surface area contributed by atoms with E-state index in [0.717, 1.165) is 10.7 Å². The number of aromatic nitrogens is 1. The van der Waals surface area contributed by atoms with Gasteiger partial charge in [-0.15, -0.1) is 23.7 Å². The van der Waals surface area contributed by atoms with Crippen molar-refractivity contribution in [3.05, 3.63) is 16.1 Å². The molecule has 98 valence electrons. The number of rotatable bonds is 4. The maximum Gasteiger partial charge on any atom is 0.221 e. The Morgan fingerprint density at radius 2 is 2.18 bits per heavy atom. The van der Waals surface area contributed by atoms with Crippen molar-refractivity contribution in [1.82, 2.24) is 10.3 Å². The maximum absolute atomic E-state index is 11.2. The van der Waals surface area contributed by atoms with Crippen molar-refractivity contribution in [2.75, 3.05) is 6.54 Å². The Balaban J connectivity index is 0.00000256. The van der Waals surface area contributed by atoms with Gasteiger partial charge >= 0.3 is 0 Å². The highest BCUT2D eigenvalue weighted by Crippen LogP contribution is 2.23. The third-order valence-corrected chi connectivity index (χ3v) is 2.98. The summed E-state index contributed by atoms with van der Waals surface area (Å²) >= 11 is 1.58. The number of nitrogens with two attached hydrogens (primary N) is 1. The van der Waals surface area contributed by atoms with Crippen molar-refractivity contribution in [3.63, 3.8) is 0 Å². The molecule has 0 aliphatic carbocycles. The van der Waals surface area contributed by atoms with Crippen molar-refractivity contribution in [2.45, 2.75) is 39.2 Å². The number of hydrogen-bond acceptors (Lipinski definition) is 4. The summed E-state index contributed by atoms with van der Waals surface area (Å²) in [4.78, 5) is 15.7. The Labute approximate surface area is 112 Å². The van der Waals surface area contributed by atoms with E-state index in [1.54, 1.807) is 11.3 Å². The van der Waals surface area contributed by atoms with E-state index >= 15 is 0 Å². The topological polar surface area (TPSA) is 68.0 Å². The molecule has 0 aliphatic heterocycles. The SMILES string of the molecule is CC(C)(C)c1csc(CNC(=O)CCN)n1.Cl. The van der Waals surface area contributed by atoms with Crippen molar-refractivity contribution in [3.8, 4) is 0 Å². The molecule has 0 unspecified atom stereocenters. The van der Waals surface area contributed by atoms with Crippen molar-refractivity contribution in [2.24, 2.45) is 5.73 Å². The van der Waals surface area contributed by atoms with Crippen LogP contribution in [0.2, 0.25) is 0 Å². The number of thiazole rings is 1. The molecule has 6 heteroatoms. The first-order chi connectivity index (χ1) is 7.43. The van der Waals surface area contributed by atoms with Gasteiger partial charge in [-0.3, -0.25) is 4.79 Å². The summed E-state index contributed by atoms with van der Waals surface area (Å²) in [6.07, 6.45) is 0.373. The molecule has 0 spiro atoms. The molecular weight excluding hydrogens is 258 g/mol. The Morgan fingerprint density at radius 3 is 2.65 bits per heavy atom. The fourth-order valence-electron chi connectivity index (χ4n) is 1.13. The largest absolute Gasteiger partial charge is 0.350 e. The highest BCUT2D eigenvalue weighted by Gasteiger charge is 2.17. The average Bonchev–Trinajstić information content (AvgIpc) is 2.63. The molecule has 0 saturated carbocycles. The molecule has 1 aromatic heterocycles. The molecule has 0 saturated heterocycles. The molecule has 0 aromatic carbocycles. The third-order valence-electron chi connectivity index (χ3n) is 2.13. The minimum atomic E-state index is -0.0185. The first kappa shape index (κ1) is 16.4. The lowest BCUT2D eigenvalue weighted by Gasteiger charge is -2.14. The third kappa shape index (κ3) is 5.48. The second-order valence-electron chi connectivity index (χ2n) is 4.69. The van der Waals surface area contributed by atoms with Gasteiger partial charge in [0.05, 0.1) is 12.2 Å². The lowest BCUT2D eigenvalue weighted by Crippen LogP contribution is -2.25. The molecule has 0 aliphatic rings. The maximum atomic E-state index is 11.2. The van der Waals surface area contributed by atoms with Crippen LogP contribution in [-0.4, -0.2) is 17.4 Å². The minimum absolute atomic E-state index is 0. The van der Waals surface area contributed by atoms with E-state index < -0.39 is 0 Å². The van der Waals surface area contributed by atoms with Gasteiger partial charge in [0.1, 0.15) is 5.01 Å². The second-order valence-corrected chi connectivity index (χ2v) is 5.63. The van der Waals surface area contributed by atoms with Crippen LogP contribution in [0.3, 0.4) is 0 Å². The molecule has 0 atom stereocenters. The fraction of sp³-hybridized carbons (Fsp3) is 0.636. The number of nitrogens with zero attached hydrogens (tertiary/aromatic N) is 1. The van der Waals surface area contributed by atoms with Gasteiger partial charge in [-0.05, 0) is 0 Å². The van der Waals surface area contributed by atoms with Gasteiger partial charge in [-0.1, -0.05) is 20.8 Å². The normalized spacial score (nSPS) is 10.8. The smallest absolute Gasteiger partial charge is 0.221 e. The van der Waals surface area contributed by atoms with Crippen LogP contribution in [-0.2, 0) is 16.8 Å².